The van der Waals surface area contributed by atoms with Crippen LogP contribution in [0.4, 0.5) is 0 Å². The van der Waals surface area contributed by atoms with Gasteiger partial charge in [0.2, 0.25) is 5.91 Å². The molecule has 2 N–H and O–H groups in total. The number of allylic oxidation sites excluding steroid dienone is 4. The quantitative estimate of drug-likeness (QED) is 0.0405. The van der Waals surface area contributed by atoms with Crippen LogP contribution in [-0.2, 0) is 19.1 Å². The van der Waals surface area contributed by atoms with Crippen LogP contribution in [0.1, 0.15) is 200 Å². The van der Waals surface area contributed by atoms with Crippen molar-refractivity contribution in [2.24, 2.45) is 0 Å². The van der Waals surface area contributed by atoms with Crippen LogP contribution in [0.2, 0.25) is 0 Å². The number of amides is 1. The predicted molar refractivity (Wildman–Crippen MR) is 194 cm³/mol. The molecule has 0 aromatic carbocycles. The Morgan fingerprint density at radius 3 is 1.52 bits per heavy atom. The Labute approximate surface area is 284 Å². The third-order valence-electron chi connectivity index (χ3n) is 8.63. The van der Waals surface area contributed by atoms with Gasteiger partial charge in [-0.25, -0.2) is 0 Å². The maximum absolute atomic E-state index is 12.7. The summed E-state index contributed by atoms with van der Waals surface area (Å²) in [6, 6.07) is 0. The second-order valence-electron chi connectivity index (χ2n) is 13.2. The van der Waals surface area contributed by atoms with Crippen LogP contribution < -0.4 is 5.32 Å². The molecule has 6 heteroatoms. The van der Waals surface area contributed by atoms with Gasteiger partial charge in [-0.2, -0.15) is 0 Å². The molecule has 0 aliphatic heterocycles. The number of carbonyl (C=O) groups is 3. The van der Waals surface area contributed by atoms with Crippen LogP contribution in [0.5, 0.6) is 0 Å². The third kappa shape index (κ3) is 34.8. The Morgan fingerprint density at radius 2 is 1.00 bits per heavy atom. The number of esters is 1. The Kier molecular flexibility index (Phi) is 34.1. The minimum Gasteiger partial charge on any atom is -0.480 e. The maximum Gasteiger partial charge on any atom is 0.322 e. The van der Waals surface area contributed by atoms with Gasteiger partial charge in [0.05, 0.1) is 0 Å². The lowest BCUT2D eigenvalue weighted by atomic mass is 10.0. The molecule has 0 saturated heterocycles. The van der Waals surface area contributed by atoms with E-state index in [0.29, 0.717) is 12.8 Å². The van der Waals surface area contributed by atoms with Gasteiger partial charge >= 0.3 is 11.9 Å². The van der Waals surface area contributed by atoms with E-state index in [1.807, 2.05) is 0 Å². The molecule has 0 bridgehead atoms. The number of hydrogen-bond acceptors (Lipinski definition) is 4. The van der Waals surface area contributed by atoms with Crippen LogP contribution in [-0.4, -0.2) is 35.6 Å². The van der Waals surface area contributed by atoms with Crippen molar-refractivity contribution in [1.29, 1.82) is 0 Å². The average molecular weight is 648 g/mol. The van der Waals surface area contributed by atoms with Crippen molar-refractivity contribution in [3.8, 4) is 0 Å². The Morgan fingerprint density at radius 1 is 0.565 bits per heavy atom. The van der Waals surface area contributed by atoms with Crippen molar-refractivity contribution in [3.63, 3.8) is 0 Å². The smallest absolute Gasteiger partial charge is 0.322 e. The molecule has 6 nitrogen and oxygen atoms in total. The monoisotopic (exact) mass is 648 g/mol. The SMILES string of the molecule is CCCCCC/C=C\C/C=C\CCCCCCCC(=O)OC(CCCCCCCCCC)CCCCCCCC(=O)NCC(=O)O. The van der Waals surface area contributed by atoms with Crippen molar-refractivity contribution in [1.82, 2.24) is 5.32 Å². The van der Waals surface area contributed by atoms with E-state index in [1.165, 1.54) is 96.3 Å². The minimum absolute atomic E-state index is 0.0251. The lowest BCUT2D eigenvalue weighted by Crippen LogP contribution is -2.28. The first-order valence-corrected chi connectivity index (χ1v) is 19.5. The number of unbranched alkanes of at least 4 members (excludes halogenated alkanes) is 20. The summed E-state index contributed by atoms with van der Waals surface area (Å²) in [5, 5.41) is 11.1. The van der Waals surface area contributed by atoms with Gasteiger partial charge in [-0.05, 0) is 70.6 Å². The highest BCUT2D eigenvalue weighted by Crippen LogP contribution is 2.18. The van der Waals surface area contributed by atoms with Crippen molar-refractivity contribution in [2.45, 2.75) is 206 Å². The fraction of sp³-hybridized carbons (Fsp3) is 0.825. The molecule has 0 saturated carbocycles. The fourth-order valence-electron chi connectivity index (χ4n) is 5.72. The molecule has 0 rings (SSSR count). The second-order valence-corrected chi connectivity index (χ2v) is 13.2. The molecule has 1 atom stereocenters. The number of nitrogens with one attached hydrogen (secondary N) is 1. The molecule has 0 aliphatic carbocycles. The first-order valence-electron chi connectivity index (χ1n) is 19.5. The summed E-state index contributed by atoms with van der Waals surface area (Å²) < 4.78 is 5.99. The number of ether oxygens (including phenoxy) is 1. The lowest BCUT2D eigenvalue weighted by molar-refractivity contribution is -0.150. The number of carbonyl (C=O) groups excluding carboxylic acids is 2. The summed E-state index contributed by atoms with van der Waals surface area (Å²) in [4.78, 5) is 34.8. The van der Waals surface area contributed by atoms with Crippen LogP contribution in [0.15, 0.2) is 24.3 Å². The van der Waals surface area contributed by atoms with Crippen molar-refractivity contribution in [3.05, 3.63) is 24.3 Å². The highest BCUT2D eigenvalue weighted by molar-refractivity contribution is 5.80. The van der Waals surface area contributed by atoms with Gasteiger partial charge in [0.25, 0.3) is 0 Å². The first kappa shape index (κ1) is 43.9. The molecule has 0 aliphatic rings. The third-order valence-corrected chi connectivity index (χ3v) is 8.63. The minimum atomic E-state index is -1.02. The Bertz CT molecular complexity index is 763. The highest BCUT2D eigenvalue weighted by atomic mass is 16.5. The zero-order valence-electron chi connectivity index (χ0n) is 30.2. The molecule has 0 aromatic heterocycles. The van der Waals surface area contributed by atoms with E-state index in [1.54, 1.807) is 0 Å². The zero-order chi connectivity index (χ0) is 33.8. The summed E-state index contributed by atoms with van der Waals surface area (Å²) in [6.45, 7) is 4.19. The summed E-state index contributed by atoms with van der Waals surface area (Å²) in [7, 11) is 0. The van der Waals surface area contributed by atoms with Gasteiger partial charge in [-0.15, -0.1) is 0 Å². The molecule has 0 aromatic rings. The number of aliphatic carboxylic acids is 1. The molecule has 268 valence electrons. The van der Waals surface area contributed by atoms with Crippen molar-refractivity contribution >= 4 is 17.8 Å². The molecule has 0 spiro atoms. The van der Waals surface area contributed by atoms with E-state index in [4.69, 9.17) is 9.84 Å². The standard InChI is InChI=1S/C40H73NO5/c1-3-5-7-9-11-13-14-15-16-17-18-19-20-22-27-31-35-40(45)46-37(32-28-24-21-12-10-8-6-4-2)33-29-25-23-26-30-34-38(42)41-36-39(43)44/h13-14,16-17,37H,3-12,15,18-36H2,1-2H3,(H,41,42)(H,43,44)/b14-13-,17-16-. The topological polar surface area (TPSA) is 92.7 Å². The number of carboxylic acid groups (broad SMARTS) is 1. The summed E-state index contributed by atoms with van der Waals surface area (Å²) >= 11 is 0. The van der Waals surface area contributed by atoms with Gasteiger partial charge < -0.3 is 15.2 Å². The Balaban J connectivity index is 4.10. The maximum atomic E-state index is 12.7. The van der Waals surface area contributed by atoms with E-state index < -0.39 is 5.97 Å². The molecular weight excluding hydrogens is 574 g/mol. The molecule has 1 amide bonds. The van der Waals surface area contributed by atoms with E-state index in [9.17, 15) is 14.4 Å². The number of carboxylic acids is 1. The summed E-state index contributed by atoms with van der Waals surface area (Å²) in [5.74, 6) is -1.24. The summed E-state index contributed by atoms with van der Waals surface area (Å²) in [6.07, 6.45) is 41.5. The van der Waals surface area contributed by atoms with Crippen molar-refractivity contribution in [2.75, 3.05) is 6.54 Å². The van der Waals surface area contributed by atoms with Crippen LogP contribution in [0, 0.1) is 0 Å². The number of rotatable bonds is 35. The van der Waals surface area contributed by atoms with Gasteiger partial charge in [0.15, 0.2) is 0 Å². The largest absolute Gasteiger partial charge is 0.480 e. The van der Waals surface area contributed by atoms with Crippen LogP contribution in [0.3, 0.4) is 0 Å². The summed E-state index contributed by atoms with van der Waals surface area (Å²) in [5.41, 5.74) is 0. The molecule has 0 fully saturated rings. The van der Waals surface area contributed by atoms with Gasteiger partial charge in [0, 0.05) is 12.8 Å². The first-order chi connectivity index (χ1) is 22.5. The highest BCUT2D eigenvalue weighted by Gasteiger charge is 2.14. The Hall–Kier alpha value is -2.11. The molecule has 0 heterocycles. The van der Waals surface area contributed by atoms with E-state index in [0.717, 1.165) is 77.0 Å². The van der Waals surface area contributed by atoms with Crippen molar-refractivity contribution < 1.29 is 24.2 Å². The normalized spacial score (nSPS) is 12.2. The lowest BCUT2D eigenvalue weighted by Gasteiger charge is -2.18. The van der Waals surface area contributed by atoms with Crippen LogP contribution >= 0.6 is 0 Å². The molecule has 0 radical (unpaired) electrons. The van der Waals surface area contributed by atoms with E-state index in [-0.39, 0.29) is 24.5 Å². The number of hydrogen-bond donors (Lipinski definition) is 2. The molecule has 46 heavy (non-hydrogen) atoms. The van der Waals surface area contributed by atoms with Gasteiger partial charge in [0.1, 0.15) is 12.6 Å². The predicted octanol–water partition coefficient (Wildman–Crippen LogP) is 11.6. The molecular formula is C40H73NO5. The van der Waals surface area contributed by atoms with E-state index in [2.05, 4.69) is 43.5 Å². The van der Waals surface area contributed by atoms with Gasteiger partial charge in [-0.3, -0.25) is 14.4 Å². The second kappa shape index (κ2) is 35.7. The van der Waals surface area contributed by atoms with Crippen LogP contribution in [0.25, 0.3) is 0 Å². The van der Waals surface area contributed by atoms with E-state index >= 15 is 0 Å². The zero-order valence-corrected chi connectivity index (χ0v) is 30.2. The fourth-order valence-corrected chi connectivity index (χ4v) is 5.72. The molecule has 1 unspecified atom stereocenters. The average Bonchev–Trinajstić information content (AvgIpc) is 3.04. The van der Waals surface area contributed by atoms with Gasteiger partial charge in [-0.1, -0.05) is 141 Å².